The van der Waals surface area contributed by atoms with E-state index < -0.39 is 66.3 Å². The molecule has 37 heavy (non-hydrogen) atoms. The van der Waals surface area contributed by atoms with E-state index in [0.29, 0.717) is 12.1 Å². The third-order valence-electron chi connectivity index (χ3n) is 4.62. The highest BCUT2D eigenvalue weighted by molar-refractivity contribution is 9.10. The molecule has 0 aliphatic carbocycles. The van der Waals surface area contributed by atoms with Gasteiger partial charge >= 0.3 is 18.5 Å². The maximum absolute atomic E-state index is 13.6. The SMILES string of the molecule is O=C(CNC(=O)c1ccc(/C=C/C(c2ccc(F)c(C(F)(F)F)c2)C(F)(F)F)cc1Br)NCC(F)(F)F. The van der Waals surface area contributed by atoms with Gasteiger partial charge in [-0.05, 0) is 51.3 Å². The predicted molar refractivity (Wildman–Crippen MR) is 115 cm³/mol. The first-order valence-corrected chi connectivity index (χ1v) is 10.7. The van der Waals surface area contributed by atoms with Gasteiger partial charge in [-0.25, -0.2) is 4.39 Å². The molecule has 2 aromatic carbocycles. The van der Waals surface area contributed by atoms with E-state index in [1.54, 1.807) is 5.32 Å². The zero-order chi connectivity index (χ0) is 28.2. The summed E-state index contributed by atoms with van der Waals surface area (Å²) in [6.45, 7) is -2.38. The summed E-state index contributed by atoms with van der Waals surface area (Å²) in [5.74, 6) is -6.25. The van der Waals surface area contributed by atoms with Crippen LogP contribution in [0.25, 0.3) is 6.08 Å². The Kier molecular flexibility index (Phi) is 9.38. The summed E-state index contributed by atoms with van der Waals surface area (Å²) in [6, 6.07) is 4.45. The van der Waals surface area contributed by atoms with E-state index in [2.05, 4.69) is 21.2 Å². The van der Waals surface area contributed by atoms with Gasteiger partial charge in [-0.1, -0.05) is 24.3 Å². The van der Waals surface area contributed by atoms with E-state index in [4.69, 9.17) is 0 Å². The van der Waals surface area contributed by atoms with Crippen molar-refractivity contribution in [2.45, 2.75) is 24.4 Å². The Balaban J connectivity index is 2.19. The van der Waals surface area contributed by atoms with Crippen molar-refractivity contribution in [1.29, 1.82) is 0 Å². The quantitative estimate of drug-likeness (QED) is 0.359. The van der Waals surface area contributed by atoms with Gasteiger partial charge in [0.05, 0.1) is 23.6 Å². The number of hydrogen-bond acceptors (Lipinski definition) is 2. The molecule has 202 valence electrons. The third kappa shape index (κ3) is 9.05. The van der Waals surface area contributed by atoms with Crippen LogP contribution in [0.2, 0.25) is 0 Å². The number of allylic oxidation sites excluding steroid dienone is 1. The van der Waals surface area contributed by atoms with Crippen LogP contribution in [0.1, 0.15) is 33.0 Å². The first-order valence-electron chi connectivity index (χ1n) is 9.91. The van der Waals surface area contributed by atoms with Gasteiger partial charge in [-0.3, -0.25) is 9.59 Å². The Morgan fingerprint density at radius 2 is 1.57 bits per heavy atom. The first kappa shape index (κ1) is 30.1. The monoisotopic (exact) mass is 608 g/mol. The van der Waals surface area contributed by atoms with Crippen molar-refractivity contribution in [3.8, 4) is 0 Å². The van der Waals surface area contributed by atoms with E-state index in [-0.39, 0.29) is 27.7 Å². The summed E-state index contributed by atoms with van der Waals surface area (Å²) in [4.78, 5) is 23.6. The van der Waals surface area contributed by atoms with Crippen molar-refractivity contribution in [3.63, 3.8) is 0 Å². The standard InChI is InChI=1S/C22H15BrF10N2O2/c23-16-7-11(1-4-13(16)19(37)34-9-18(36)35-10-20(25,26)27)2-5-14(21(28,29)30)12-3-6-17(24)15(8-12)22(31,32)33/h1-8,14H,9-10H2,(H,34,37)(H,35,36)/b5-2+. The van der Waals surface area contributed by atoms with Crippen LogP contribution in [0.3, 0.4) is 0 Å². The van der Waals surface area contributed by atoms with Crippen LogP contribution >= 0.6 is 15.9 Å². The fraction of sp³-hybridized carbons (Fsp3) is 0.273. The van der Waals surface area contributed by atoms with Crippen LogP contribution in [0.5, 0.6) is 0 Å². The van der Waals surface area contributed by atoms with Crippen LogP contribution < -0.4 is 10.6 Å². The second kappa shape index (κ2) is 11.5. The minimum atomic E-state index is -5.21. The molecule has 2 rings (SSSR count). The second-order valence-corrected chi connectivity index (χ2v) is 8.28. The van der Waals surface area contributed by atoms with Gasteiger partial charge < -0.3 is 10.6 Å². The molecule has 0 aliphatic rings. The molecule has 0 saturated carbocycles. The first-order chi connectivity index (χ1) is 16.9. The summed E-state index contributed by atoms with van der Waals surface area (Å²) < 4.78 is 129. The fourth-order valence-corrected chi connectivity index (χ4v) is 3.48. The molecular formula is C22H15BrF10N2O2. The number of carbonyl (C=O) groups is 2. The number of halogens is 11. The average molecular weight is 609 g/mol. The Morgan fingerprint density at radius 3 is 2.11 bits per heavy atom. The molecule has 0 spiro atoms. The lowest BCUT2D eigenvalue weighted by atomic mass is 9.95. The molecule has 0 aliphatic heterocycles. The topological polar surface area (TPSA) is 58.2 Å². The molecule has 0 radical (unpaired) electrons. The van der Waals surface area contributed by atoms with E-state index >= 15 is 0 Å². The highest BCUT2D eigenvalue weighted by Crippen LogP contribution is 2.40. The Labute approximate surface area is 210 Å². The number of carbonyl (C=O) groups excluding carboxylic acids is 2. The Bertz CT molecular complexity index is 1170. The number of nitrogens with one attached hydrogen (secondary N) is 2. The van der Waals surface area contributed by atoms with Gasteiger partial charge in [0.1, 0.15) is 12.4 Å². The molecule has 0 aromatic heterocycles. The van der Waals surface area contributed by atoms with Crippen molar-refractivity contribution in [2.24, 2.45) is 0 Å². The maximum atomic E-state index is 13.6. The van der Waals surface area contributed by atoms with Crippen molar-refractivity contribution in [2.75, 3.05) is 13.1 Å². The second-order valence-electron chi connectivity index (χ2n) is 7.43. The summed E-state index contributed by atoms with van der Waals surface area (Å²) in [6.07, 6.45) is -13.4. The van der Waals surface area contributed by atoms with Gasteiger partial charge in [0.25, 0.3) is 5.91 Å². The molecule has 4 nitrogen and oxygen atoms in total. The minimum Gasteiger partial charge on any atom is -0.345 e. The molecule has 0 saturated heterocycles. The third-order valence-corrected chi connectivity index (χ3v) is 5.28. The highest BCUT2D eigenvalue weighted by Gasteiger charge is 2.41. The van der Waals surface area contributed by atoms with Gasteiger partial charge in [-0.2, -0.15) is 39.5 Å². The fourth-order valence-electron chi connectivity index (χ4n) is 2.91. The van der Waals surface area contributed by atoms with Crippen LogP contribution in [0.4, 0.5) is 43.9 Å². The predicted octanol–water partition coefficient (Wildman–Crippen LogP) is 6.37. The Hall–Kier alpha value is -3.10. The van der Waals surface area contributed by atoms with Gasteiger partial charge in [-0.15, -0.1) is 0 Å². The lowest BCUT2D eigenvalue weighted by Crippen LogP contribution is -2.40. The van der Waals surface area contributed by atoms with E-state index in [1.165, 1.54) is 12.1 Å². The van der Waals surface area contributed by atoms with Crippen molar-refractivity contribution in [1.82, 2.24) is 10.6 Å². The summed E-state index contributed by atoms with van der Waals surface area (Å²) in [7, 11) is 0. The Morgan fingerprint density at radius 1 is 0.919 bits per heavy atom. The number of amides is 2. The molecule has 2 N–H and O–H groups in total. The zero-order valence-corrected chi connectivity index (χ0v) is 19.7. The van der Waals surface area contributed by atoms with Gasteiger partial charge in [0, 0.05) is 4.47 Å². The minimum absolute atomic E-state index is 0.0348. The van der Waals surface area contributed by atoms with Crippen LogP contribution in [0, 0.1) is 5.82 Å². The van der Waals surface area contributed by atoms with Crippen molar-refractivity contribution < 1.29 is 53.5 Å². The number of hydrogen-bond donors (Lipinski definition) is 2. The molecule has 0 fully saturated rings. The molecule has 0 bridgehead atoms. The lowest BCUT2D eigenvalue weighted by Gasteiger charge is -2.19. The van der Waals surface area contributed by atoms with E-state index in [1.807, 2.05) is 0 Å². The van der Waals surface area contributed by atoms with Crippen LogP contribution in [-0.4, -0.2) is 37.3 Å². The smallest absolute Gasteiger partial charge is 0.345 e. The van der Waals surface area contributed by atoms with Crippen molar-refractivity contribution >= 4 is 33.8 Å². The maximum Gasteiger partial charge on any atom is 0.419 e. The molecule has 1 unspecified atom stereocenters. The summed E-state index contributed by atoms with van der Waals surface area (Å²) in [5.41, 5.74) is -2.73. The highest BCUT2D eigenvalue weighted by atomic mass is 79.9. The average Bonchev–Trinajstić information content (AvgIpc) is 2.75. The van der Waals surface area contributed by atoms with Crippen molar-refractivity contribution in [3.05, 3.63) is 75.0 Å². The van der Waals surface area contributed by atoms with Gasteiger partial charge in [0.2, 0.25) is 5.91 Å². The number of benzene rings is 2. The molecule has 1 atom stereocenters. The van der Waals surface area contributed by atoms with E-state index in [9.17, 15) is 53.5 Å². The summed E-state index contributed by atoms with van der Waals surface area (Å²) in [5, 5.41) is 3.62. The van der Waals surface area contributed by atoms with Crippen LogP contribution in [-0.2, 0) is 11.0 Å². The largest absolute Gasteiger partial charge is 0.419 e. The lowest BCUT2D eigenvalue weighted by molar-refractivity contribution is -0.143. The van der Waals surface area contributed by atoms with Gasteiger partial charge in [0.15, 0.2) is 0 Å². The normalized spacial score (nSPS) is 13.5. The van der Waals surface area contributed by atoms with E-state index in [0.717, 1.165) is 12.1 Å². The summed E-state index contributed by atoms with van der Waals surface area (Å²) >= 11 is 3.01. The molecule has 0 heterocycles. The van der Waals surface area contributed by atoms with Crippen LogP contribution in [0.15, 0.2) is 46.9 Å². The number of alkyl halides is 9. The zero-order valence-electron chi connectivity index (χ0n) is 18.1. The molecule has 15 heteroatoms. The molecule has 2 aromatic rings. The number of rotatable bonds is 7. The molecular weight excluding hydrogens is 594 g/mol. The molecule has 2 amide bonds.